The second-order valence-electron chi connectivity index (χ2n) is 7.15. The highest BCUT2D eigenvalue weighted by Gasteiger charge is 2.34. The molecule has 1 aliphatic carbocycles. The monoisotopic (exact) mass is 372 g/mol. The Morgan fingerprint density at radius 1 is 1.28 bits per heavy atom. The van der Waals surface area contributed by atoms with Crippen molar-refractivity contribution in [2.75, 3.05) is 26.7 Å². The van der Waals surface area contributed by atoms with Crippen LogP contribution in [0, 0.1) is 6.92 Å². The van der Waals surface area contributed by atoms with Gasteiger partial charge >= 0.3 is 0 Å². The van der Waals surface area contributed by atoms with Gasteiger partial charge in [-0.25, -0.2) is 0 Å². The zero-order chi connectivity index (χ0) is 19.4. The maximum absolute atomic E-state index is 9.84. The molecule has 1 saturated heterocycles. The number of halogens is 1. The highest BCUT2D eigenvalue weighted by atomic mass is 35.5. The van der Waals surface area contributed by atoms with Crippen molar-refractivity contribution in [2.24, 2.45) is 0 Å². The van der Waals surface area contributed by atoms with E-state index >= 15 is 0 Å². The van der Waals surface area contributed by atoms with Gasteiger partial charge in [0.15, 0.2) is 0 Å². The molecule has 0 unspecified atom stereocenters. The molecule has 0 aromatic heterocycles. The number of aliphatic hydroxyl groups is 1. The van der Waals surface area contributed by atoms with Crippen LogP contribution in [-0.2, 0) is 11.2 Å². The molecule has 1 aromatic carbocycles. The summed E-state index contributed by atoms with van der Waals surface area (Å²) >= 11 is 0. The Kier molecular flexibility index (Phi) is 6.40. The van der Waals surface area contributed by atoms with Crippen molar-refractivity contribution in [3.63, 3.8) is 0 Å². The number of ether oxygens (including phenoxy) is 2. The third-order valence-corrected chi connectivity index (χ3v) is 5.42. The molecular formula is C20H32ClNO3. The maximum atomic E-state index is 9.84. The van der Waals surface area contributed by atoms with Gasteiger partial charge in [-0.1, -0.05) is 25.0 Å². The molecule has 5 heteroatoms. The van der Waals surface area contributed by atoms with E-state index in [0.29, 0.717) is 18.4 Å². The number of aryl methyl sites for hydroxylation is 1. The number of hydrogen-bond acceptors (Lipinski definition) is 4. The van der Waals surface area contributed by atoms with Gasteiger partial charge in [-0.15, -0.1) is 12.4 Å². The van der Waals surface area contributed by atoms with Crippen LogP contribution in [0.5, 0.6) is 5.75 Å². The van der Waals surface area contributed by atoms with Gasteiger partial charge in [0.25, 0.3) is 0 Å². The van der Waals surface area contributed by atoms with Crippen LogP contribution in [0.15, 0.2) is 18.2 Å². The van der Waals surface area contributed by atoms with E-state index in [2.05, 4.69) is 4.90 Å². The molecule has 4 nitrogen and oxygen atoms in total. The van der Waals surface area contributed by atoms with Crippen LogP contribution in [-0.4, -0.2) is 55.0 Å². The molecule has 142 valence electrons. The summed E-state index contributed by atoms with van der Waals surface area (Å²) in [6, 6.07) is 6.11. The van der Waals surface area contributed by atoms with Gasteiger partial charge in [0, 0.05) is 19.1 Å². The van der Waals surface area contributed by atoms with Gasteiger partial charge in [0.2, 0.25) is 0 Å². The van der Waals surface area contributed by atoms with Crippen molar-refractivity contribution in [3.05, 3.63) is 29.3 Å². The van der Waals surface area contributed by atoms with Crippen LogP contribution in [0.2, 0.25) is 0 Å². The van der Waals surface area contributed by atoms with E-state index in [1.807, 2.05) is 19.1 Å². The van der Waals surface area contributed by atoms with E-state index in [0.717, 1.165) is 49.9 Å². The van der Waals surface area contributed by atoms with Gasteiger partial charge in [-0.3, -0.25) is 4.90 Å². The Labute approximate surface area is 162 Å². The van der Waals surface area contributed by atoms with Gasteiger partial charge in [-0.05, 0) is 49.8 Å². The van der Waals surface area contributed by atoms with Crippen LogP contribution in [0.25, 0.3) is 0 Å². The second-order valence-corrected chi connectivity index (χ2v) is 7.15. The molecule has 1 saturated carbocycles. The van der Waals surface area contributed by atoms with Crippen molar-refractivity contribution < 1.29 is 18.7 Å². The number of benzene rings is 1. The summed E-state index contributed by atoms with van der Waals surface area (Å²) in [5.41, 5.74) is 1.83. The smallest absolute Gasteiger partial charge is 0.122 e. The van der Waals surface area contributed by atoms with E-state index in [1.165, 1.54) is 12.8 Å². The Balaban J connectivity index is 0.00000280. The first-order valence-corrected chi connectivity index (χ1v) is 9.14. The molecule has 0 spiro atoms. The minimum atomic E-state index is -2.44. The third-order valence-electron chi connectivity index (χ3n) is 5.42. The number of hydrogen-bond donors (Lipinski definition) is 1. The first kappa shape index (κ1) is 16.4. The maximum Gasteiger partial charge on any atom is 0.122 e. The highest BCUT2D eigenvalue weighted by Crippen LogP contribution is 2.28. The summed E-state index contributed by atoms with van der Waals surface area (Å²) in [6.07, 6.45) is 6.23. The van der Waals surface area contributed by atoms with E-state index < -0.39 is 7.04 Å². The largest absolute Gasteiger partial charge is 0.496 e. The fourth-order valence-electron chi connectivity index (χ4n) is 4.00. The minimum Gasteiger partial charge on any atom is -0.496 e. The summed E-state index contributed by atoms with van der Waals surface area (Å²) < 4.78 is 33.2. The Hall–Kier alpha value is -0.810. The molecule has 0 amide bonds. The minimum absolute atomic E-state index is 0. The topological polar surface area (TPSA) is 41.9 Å². The number of nitrogens with zero attached hydrogens (tertiary/aromatic N) is 1. The normalized spacial score (nSPS) is 29.4. The van der Waals surface area contributed by atoms with Gasteiger partial charge in [0.05, 0.1) is 30.0 Å². The molecule has 0 bridgehead atoms. The van der Waals surface area contributed by atoms with E-state index in [4.69, 9.17) is 13.6 Å². The first-order valence-electron chi connectivity index (χ1n) is 10.6. The van der Waals surface area contributed by atoms with Gasteiger partial charge in [0.1, 0.15) is 5.75 Å². The number of methoxy groups -OCH3 is 1. The van der Waals surface area contributed by atoms with E-state index in [9.17, 15) is 5.11 Å². The van der Waals surface area contributed by atoms with E-state index in [-0.39, 0.29) is 24.6 Å². The molecule has 2 aliphatic rings. The van der Waals surface area contributed by atoms with Crippen molar-refractivity contribution in [3.8, 4) is 5.75 Å². The predicted octanol–water partition coefficient (Wildman–Crippen LogP) is 3.36. The van der Waals surface area contributed by atoms with Crippen molar-refractivity contribution in [2.45, 2.75) is 63.7 Å². The fraction of sp³-hybridized carbons (Fsp3) is 0.700. The van der Waals surface area contributed by atoms with Crippen LogP contribution in [0.3, 0.4) is 0 Å². The van der Waals surface area contributed by atoms with E-state index in [1.54, 1.807) is 6.07 Å². The molecule has 1 aliphatic heterocycles. The second kappa shape index (κ2) is 9.77. The first-order chi connectivity index (χ1) is 12.8. The predicted molar refractivity (Wildman–Crippen MR) is 103 cm³/mol. The highest BCUT2D eigenvalue weighted by molar-refractivity contribution is 5.85. The number of aliphatic hydroxyl groups excluding tert-OH is 1. The molecule has 2 fully saturated rings. The molecule has 3 atom stereocenters. The summed E-state index contributed by atoms with van der Waals surface area (Å²) in [5.74, 6) is 0.411. The lowest BCUT2D eigenvalue weighted by molar-refractivity contribution is -0.0316. The third kappa shape index (κ3) is 5.33. The lowest BCUT2D eigenvalue weighted by atomic mass is 9.91. The summed E-state index contributed by atoms with van der Waals surface area (Å²) in [7, 11) is -2.44. The average molecular weight is 373 g/mol. The van der Waals surface area contributed by atoms with Crippen molar-refractivity contribution >= 4 is 12.4 Å². The molecule has 0 radical (unpaired) electrons. The summed E-state index contributed by atoms with van der Waals surface area (Å²) in [5, 5.41) is 9.84. The van der Waals surface area contributed by atoms with Gasteiger partial charge < -0.3 is 14.6 Å². The average Bonchev–Trinajstić information content (AvgIpc) is 3.03. The quantitative estimate of drug-likeness (QED) is 0.831. The SMILES string of the molecule is Cl.[2H]C([2H])([2H])Oc1cc(CCO[C@@H]2CCCC[C@H]2N2CC[C@@H](O)C2)ccc1C. The summed E-state index contributed by atoms with van der Waals surface area (Å²) in [6.45, 7) is 4.17. The number of rotatable bonds is 6. The standard InChI is InChI=1S/C20H31NO3.ClH/c1-15-7-8-16(13-20(15)23-2)10-12-24-19-6-4-3-5-18(19)21-11-9-17(22)14-21;/h7-8,13,17-19,22H,3-6,9-12,14H2,1-2H3;1H/t17-,18-,19-;/m1./s1/i2D3;. The van der Waals surface area contributed by atoms with Crippen molar-refractivity contribution in [1.29, 1.82) is 0 Å². The zero-order valence-electron chi connectivity index (χ0n) is 17.9. The Morgan fingerprint density at radius 2 is 2.12 bits per heavy atom. The summed E-state index contributed by atoms with van der Waals surface area (Å²) in [4.78, 5) is 2.39. The van der Waals surface area contributed by atoms with Crippen molar-refractivity contribution in [1.82, 2.24) is 4.90 Å². The molecular weight excluding hydrogens is 338 g/mol. The number of β-amino-alcohol motifs (C(OH)–C–C–N with tert-alkyl or cyclic N) is 1. The Morgan fingerprint density at radius 3 is 2.88 bits per heavy atom. The van der Waals surface area contributed by atoms with Crippen LogP contribution >= 0.6 is 12.4 Å². The zero-order valence-corrected chi connectivity index (χ0v) is 15.8. The Bertz CT molecular complexity index is 629. The molecule has 1 aromatic rings. The van der Waals surface area contributed by atoms with Crippen LogP contribution < -0.4 is 4.74 Å². The lowest BCUT2D eigenvalue weighted by Gasteiger charge is -2.37. The molecule has 1 N–H and O–H groups in total. The van der Waals surface area contributed by atoms with Gasteiger partial charge in [-0.2, -0.15) is 0 Å². The number of likely N-dealkylation sites (tertiary alicyclic amines) is 1. The molecule has 3 rings (SSSR count). The lowest BCUT2D eigenvalue weighted by Crippen LogP contribution is -2.46. The van der Waals surface area contributed by atoms with Crippen LogP contribution in [0.1, 0.15) is 47.3 Å². The van der Waals surface area contributed by atoms with Crippen LogP contribution in [0.4, 0.5) is 0 Å². The molecule has 1 heterocycles. The molecule has 25 heavy (non-hydrogen) atoms. The fourth-order valence-corrected chi connectivity index (χ4v) is 4.00.